The van der Waals surface area contributed by atoms with E-state index in [2.05, 4.69) is 10.3 Å². The summed E-state index contributed by atoms with van der Waals surface area (Å²) in [5, 5.41) is 7.30. The lowest BCUT2D eigenvalue weighted by Crippen LogP contribution is -2.15. The molecule has 0 saturated heterocycles. The average Bonchev–Trinajstić information content (AvgIpc) is 3.13. The number of carbonyl (C=O) groups is 1. The summed E-state index contributed by atoms with van der Waals surface area (Å²) >= 11 is 0. The smallest absolute Gasteiger partial charge is 0.244 e. The van der Waals surface area contributed by atoms with Crippen LogP contribution in [0.3, 0.4) is 0 Å². The number of nitrogens with two attached hydrogens (primary N) is 1. The van der Waals surface area contributed by atoms with E-state index >= 15 is 0 Å². The summed E-state index contributed by atoms with van der Waals surface area (Å²) in [7, 11) is 3.15. The van der Waals surface area contributed by atoms with Gasteiger partial charge in [-0.3, -0.25) is 4.79 Å². The average molecular weight is 417 g/mol. The van der Waals surface area contributed by atoms with Crippen LogP contribution in [-0.4, -0.2) is 34.7 Å². The number of aromatic nitrogens is 3. The van der Waals surface area contributed by atoms with Crippen molar-refractivity contribution in [1.82, 2.24) is 19.9 Å². The number of amides is 1. The molecule has 7 nitrogen and oxygen atoms in total. The van der Waals surface area contributed by atoms with Crippen LogP contribution in [0.2, 0.25) is 0 Å². The second kappa shape index (κ2) is 8.27. The number of carbonyl (C=O) groups excluding carboxylic acids is 1. The zero-order chi connectivity index (χ0) is 22.0. The molecule has 4 aromatic rings. The van der Waals surface area contributed by atoms with Crippen LogP contribution in [-0.2, 0) is 4.79 Å². The van der Waals surface area contributed by atoms with Crippen LogP contribution in [0, 0.1) is 5.82 Å². The number of methoxy groups -OCH3 is 1. The Bertz CT molecular complexity index is 1280. The van der Waals surface area contributed by atoms with E-state index in [1.807, 2.05) is 24.3 Å². The predicted octanol–water partition coefficient (Wildman–Crippen LogP) is 3.30. The number of hydrogen-bond donors (Lipinski definition) is 2. The Labute approximate surface area is 178 Å². The Balaban J connectivity index is 1.89. The number of likely N-dealkylation sites (N-methyl/N-ethyl adjacent to an activating group) is 1. The molecule has 8 heteroatoms. The van der Waals surface area contributed by atoms with Crippen LogP contribution in [0.5, 0.6) is 5.75 Å². The van der Waals surface area contributed by atoms with Gasteiger partial charge in [-0.05, 0) is 54.1 Å². The number of nitrogen functional groups attached to an aromatic ring is 1. The maximum Gasteiger partial charge on any atom is 0.244 e. The number of nitrogens with zero attached hydrogens (tertiary/aromatic N) is 3. The fraction of sp³-hybridized carbons (Fsp3) is 0.0870. The number of halogens is 1. The summed E-state index contributed by atoms with van der Waals surface area (Å²) in [5.74, 6) is 0.363. The molecule has 0 unspecified atom stereocenters. The van der Waals surface area contributed by atoms with Gasteiger partial charge in [0.1, 0.15) is 17.3 Å². The van der Waals surface area contributed by atoms with Crippen LogP contribution in [0.25, 0.3) is 22.5 Å². The molecule has 0 saturated carbocycles. The van der Waals surface area contributed by atoms with Gasteiger partial charge in [-0.25, -0.2) is 13.9 Å². The molecule has 0 bridgehead atoms. The van der Waals surface area contributed by atoms with Crippen LogP contribution < -0.4 is 15.8 Å². The van der Waals surface area contributed by atoms with Gasteiger partial charge in [-0.15, -0.1) is 0 Å². The van der Waals surface area contributed by atoms with Crippen LogP contribution in [0.15, 0.2) is 66.7 Å². The lowest BCUT2D eigenvalue weighted by atomic mass is 10.0. The van der Waals surface area contributed by atoms with E-state index in [4.69, 9.17) is 15.6 Å². The Morgan fingerprint density at radius 3 is 2.45 bits per heavy atom. The van der Waals surface area contributed by atoms with Gasteiger partial charge < -0.3 is 15.8 Å². The summed E-state index contributed by atoms with van der Waals surface area (Å²) in [6, 6.07) is 16.8. The van der Waals surface area contributed by atoms with E-state index in [9.17, 15) is 9.18 Å². The van der Waals surface area contributed by atoms with Crippen molar-refractivity contribution < 1.29 is 13.9 Å². The van der Waals surface area contributed by atoms with Gasteiger partial charge in [0.2, 0.25) is 5.91 Å². The molecule has 3 N–H and O–H groups in total. The number of nitrogens with one attached hydrogen (secondary N) is 1. The van der Waals surface area contributed by atoms with Gasteiger partial charge in [0.25, 0.3) is 0 Å². The molecule has 0 spiro atoms. The molecule has 0 aliphatic rings. The molecule has 2 heterocycles. The Morgan fingerprint density at radius 2 is 1.81 bits per heavy atom. The second-order valence-electron chi connectivity index (χ2n) is 6.74. The van der Waals surface area contributed by atoms with E-state index < -0.39 is 0 Å². The highest BCUT2D eigenvalue weighted by Gasteiger charge is 2.16. The van der Waals surface area contributed by atoms with Crippen molar-refractivity contribution in [2.24, 2.45) is 0 Å². The fourth-order valence-corrected chi connectivity index (χ4v) is 3.25. The minimum absolute atomic E-state index is 0.267. The lowest BCUT2D eigenvalue weighted by Gasteiger charge is -2.10. The number of anilines is 1. The normalized spacial score (nSPS) is 11.5. The summed E-state index contributed by atoms with van der Waals surface area (Å²) in [5.41, 5.74) is 9.84. The minimum atomic E-state index is -0.347. The van der Waals surface area contributed by atoms with Crippen molar-refractivity contribution >= 4 is 22.9 Å². The van der Waals surface area contributed by atoms with Crippen molar-refractivity contribution in [3.05, 3.63) is 83.8 Å². The Morgan fingerprint density at radius 1 is 1.10 bits per heavy atom. The van der Waals surface area contributed by atoms with E-state index in [1.165, 1.54) is 18.2 Å². The molecule has 0 fully saturated rings. The van der Waals surface area contributed by atoms with Gasteiger partial charge >= 0.3 is 0 Å². The number of rotatable bonds is 5. The summed E-state index contributed by atoms with van der Waals surface area (Å²) in [4.78, 5) is 16.5. The minimum Gasteiger partial charge on any atom is -0.497 e. The molecule has 0 aliphatic heterocycles. The number of benzene rings is 2. The molecule has 0 aliphatic carbocycles. The molecule has 1 amide bonds. The maximum atomic E-state index is 13.4. The van der Waals surface area contributed by atoms with Gasteiger partial charge in [0.05, 0.1) is 12.8 Å². The first-order valence-electron chi connectivity index (χ1n) is 9.49. The highest BCUT2D eigenvalue weighted by Crippen LogP contribution is 2.29. The fourth-order valence-electron chi connectivity index (χ4n) is 3.25. The third-order valence-electron chi connectivity index (χ3n) is 4.82. The van der Waals surface area contributed by atoms with Crippen LogP contribution >= 0.6 is 0 Å². The standard InChI is InChI=1S/C23H20FN5O2/c1-26-21(30)13-18(14-5-9-17(31-2)10-6-14)19-11-12-20-27-23(25)22(29(20)28-19)15-3-7-16(24)8-4-15/h3-13H,25H2,1-2H3,(H,26,30)/b18-13+. The molecule has 2 aromatic carbocycles. The summed E-state index contributed by atoms with van der Waals surface area (Å²) in [6.45, 7) is 0. The Kier molecular flexibility index (Phi) is 5.36. The molecule has 0 atom stereocenters. The summed E-state index contributed by atoms with van der Waals surface area (Å²) in [6.07, 6.45) is 1.48. The molecule has 156 valence electrons. The molecule has 4 rings (SSSR count). The SMILES string of the molecule is CNC(=O)/C=C(\c1ccc(OC)cc1)c1ccc2nc(N)c(-c3ccc(F)cc3)n2n1. The van der Waals surface area contributed by atoms with Crippen molar-refractivity contribution in [1.29, 1.82) is 0 Å². The van der Waals surface area contributed by atoms with E-state index in [1.54, 1.807) is 42.9 Å². The van der Waals surface area contributed by atoms with Crippen LogP contribution in [0.4, 0.5) is 10.2 Å². The van der Waals surface area contributed by atoms with E-state index in [0.29, 0.717) is 33.9 Å². The topological polar surface area (TPSA) is 94.5 Å². The monoisotopic (exact) mass is 417 g/mol. The van der Waals surface area contributed by atoms with Gasteiger partial charge in [0.15, 0.2) is 11.5 Å². The molecular formula is C23H20FN5O2. The zero-order valence-electron chi connectivity index (χ0n) is 17.0. The first-order chi connectivity index (χ1) is 15.0. The Hall–Kier alpha value is -4.20. The largest absolute Gasteiger partial charge is 0.497 e. The number of ether oxygens (including phenoxy) is 1. The van der Waals surface area contributed by atoms with Crippen molar-refractivity contribution in [2.45, 2.75) is 0 Å². The third kappa shape index (κ3) is 3.95. The number of hydrogen-bond acceptors (Lipinski definition) is 5. The lowest BCUT2D eigenvalue weighted by molar-refractivity contribution is -0.116. The quantitative estimate of drug-likeness (QED) is 0.486. The van der Waals surface area contributed by atoms with Gasteiger partial charge in [-0.2, -0.15) is 5.10 Å². The van der Waals surface area contributed by atoms with Crippen molar-refractivity contribution in [3.8, 4) is 17.0 Å². The number of fused-ring (bicyclic) bond motifs is 1. The van der Waals surface area contributed by atoms with Crippen LogP contribution in [0.1, 0.15) is 11.3 Å². The van der Waals surface area contributed by atoms with Crippen molar-refractivity contribution in [3.63, 3.8) is 0 Å². The maximum absolute atomic E-state index is 13.4. The molecule has 31 heavy (non-hydrogen) atoms. The second-order valence-corrected chi connectivity index (χ2v) is 6.74. The first kappa shape index (κ1) is 20.1. The van der Waals surface area contributed by atoms with E-state index in [0.717, 1.165) is 5.56 Å². The molecule has 0 radical (unpaired) electrons. The third-order valence-corrected chi connectivity index (χ3v) is 4.82. The highest BCUT2D eigenvalue weighted by atomic mass is 19.1. The zero-order valence-corrected chi connectivity index (χ0v) is 17.0. The predicted molar refractivity (Wildman–Crippen MR) is 117 cm³/mol. The highest BCUT2D eigenvalue weighted by molar-refractivity contribution is 5.98. The van der Waals surface area contributed by atoms with Gasteiger partial charge in [-0.1, -0.05) is 12.1 Å². The van der Waals surface area contributed by atoms with Crippen molar-refractivity contribution in [2.75, 3.05) is 19.9 Å². The molecule has 2 aromatic heterocycles. The summed E-state index contributed by atoms with van der Waals surface area (Å²) < 4.78 is 20.2. The number of imidazole rings is 1. The first-order valence-corrected chi connectivity index (χ1v) is 9.49. The molecular weight excluding hydrogens is 397 g/mol. The van der Waals surface area contributed by atoms with Gasteiger partial charge in [0, 0.05) is 24.3 Å². The van der Waals surface area contributed by atoms with E-state index in [-0.39, 0.29) is 17.5 Å².